The number of ketones is 1. The second-order valence-corrected chi connectivity index (χ2v) is 8.18. The molecule has 148 valence electrons. The summed E-state index contributed by atoms with van der Waals surface area (Å²) in [7, 11) is 1.27. The molecule has 1 aromatic rings. The van der Waals surface area contributed by atoms with Crippen LogP contribution in [0, 0.1) is 11.8 Å². The van der Waals surface area contributed by atoms with Crippen molar-refractivity contribution in [2.45, 2.75) is 32.8 Å². The van der Waals surface area contributed by atoms with E-state index in [9.17, 15) is 14.4 Å². The van der Waals surface area contributed by atoms with E-state index in [1.807, 2.05) is 0 Å². The summed E-state index contributed by atoms with van der Waals surface area (Å²) in [5, 5.41) is 0.186. The quantitative estimate of drug-likeness (QED) is 0.424. The Morgan fingerprint density at radius 2 is 1.67 bits per heavy atom. The van der Waals surface area contributed by atoms with Crippen LogP contribution in [0.15, 0.2) is 12.1 Å². The molecule has 1 aromatic heterocycles. The molecule has 1 fully saturated rings. The van der Waals surface area contributed by atoms with Crippen molar-refractivity contribution in [3.8, 4) is 0 Å². The van der Waals surface area contributed by atoms with Crippen LogP contribution >= 0.6 is 23.2 Å². The second kappa shape index (κ2) is 8.44. The third-order valence-electron chi connectivity index (χ3n) is 4.05. The fourth-order valence-electron chi connectivity index (χ4n) is 2.94. The number of amides is 1. The number of carbonyl (C=O) groups excluding carboxylic acids is 3. The molecule has 0 aliphatic carbocycles. The number of hydrogen-bond donors (Lipinski definition) is 0. The summed E-state index contributed by atoms with van der Waals surface area (Å²) in [6.45, 7) is 5.49. The van der Waals surface area contributed by atoms with Crippen LogP contribution in [-0.2, 0) is 14.3 Å². The van der Waals surface area contributed by atoms with Gasteiger partial charge in [0.15, 0.2) is 5.78 Å². The zero-order valence-corrected chi connectivity index (χ0v) is 17.1. The first-order valence-electron chi connectivity index (χ1n) is 8.43. The summed E-state index contributed by atoms with van der Waals surface area (Å²) in [6.07, 6.45) is -0.331. The third kappa shape index (κ3) is 5.81. The van der Waals surface area contributed by atoms with Crippen LogP contribution in [0.25, 0.3) is 0 Å². The number of hydrogen-bond acceptors (Lipinski definition) is 6. The smallest absolute Gasteiger partial charge is 0.410 e. The van der Waals surface area contributed by atoms with Gasteiger partial charge >= 0.3 is 12.1 Å². The molecule has 0 N–H and O–H groups in total. The van der Waals surface area contributed by atoms with Crippen molar-refractivity contribution in [2.75, 3.05) is 20.2 Å². The number of halogens is 2. The lowest BCUT2D eigenvalue weighted by atomic mass is 9.84. The normalized spacial score (nSPS) is 20.1. The van der Waals surface area contributed by atoms with E-state index in [1.165, 1.54) is 24.1 Å². The van der Waals surface area contributed by atoms with E-state index in [0.717, 1.165) is 0 Å². The fraction of sp³-hybridized carbons (Fsp3) is 0.556. The second-order valence-electron chi connectivity index (χ2n) is 7.40. The van der Waals surface area contributed by atoms with E-state index in [1.54, 1.807) is 20.8 Å². The molecule has 1 saturated heterocycles. The number of likely N-dealkylation sites (tertiary alicyclic amines) is 1. The Kier molecular flexibility index (Phi) is 6.70. The highest BCUT2D eigenvalue weighted by molar-refractivity contribution is 6.33. The average molecular weight is 417 g/mol. The third-order valence-corrected chi connectivity index (χ3v) is 4.44. The van der Waals surface area contributed by atoms with Crippen molar-refractivity contribution in [3.05, 3.63) is 28.0 Å². The molecule has 27 heavy (non-hydrogen) atoms. The van der Waals surface area contributed by atoms with Gasteiger partial charge in [0.05, 0.1) is 13.0 Å². The van der Waals surface area contributed by atoms with Gasteiger partial charge in [-0.3, -0.25) is 9.59 Å². The molecule has 2 atom stereocenters. The number of aromatic nitrogens is 1. The van der Waals surface area contributed by atoms with Gasteiger partial charge in [-0.15, -0.1) is 0 Å². The fourth-order valence-corrected chi connectivity index (χ4v) is 3.41. The van der Waals surface area contributed by atoms with Gasteiger partial charge in [0.2, 0.25) is 0 Å². The molecule has 0 spiro atoms. The standard InChI is InChI=1S/C18H22Cl2N2O5/c1-18(2,3)27-17(25)22-8-11(5-12(9-22)16(24)26-4)15(23)10-6-13(19)21-14(20)7-10/h6-7,11-12H,5,8-9H2,1-4H3. The van der Waals surface area contributed by atoms with Crippen LogP contribution in [-0.4, -0.2) is 53.5 Å². The Morgan fingerprint density at radius 3 is 2.19 bits per heavy atom. The number of methoxy groups -OCH3 is 1. The maximum Gasteiger partial charge on any atom is 0.410 e. The monoisotopic (exact) mass is 416 g/mol. The van der Waals surface area contributed by atoms with Crippen molar-refractivity contribution >= 4 is 41.0 Å². The first-order chi connectivity index (χ1) is 12.5. The van der Waals surface area contributed by atoms with Gasteiger partial charge in [-0.05, 0) is 39.3 Å². The molecule has 0 aromatic carbocycles. The number of nitrogens with zero attached hydrogens (tertiary/aromatic N) is 2. The van der Waals surface area contributed by atoms with Crippen LogP contribution in [0.4, 0.5) is 4.79 Å². The first kappa shape index (κ1) is 21.4. The Balaban J connectivity index is 2.27. The molecule has 7 nitrogen and oxygen atoms in total. The minimum absolute atomic E-state index is 0.0928. The Hall–Kier alpha value is -1.86. The number of piperidine rings is 1. The van der Waals surface area contributed by atoms with Gasteiger partial charge in [0.25, 0.3) is 0 Å². The van der Waals surface area contributed by atoms with E-state index < -0.39 is 29.5 Å². The van der Waals surface area contributed by atoms with Crippen LogP contribution in [0.5, 0.6) is 0 Å². The van der Waals surface area contributed by atoms with Crippen molar-refractivity contribution in [3.63, 3.8) is 0 Å². The summed E-state index contributed by atoms with van der Waals surface area (Å²) in [5.41, 5.74) is -0.416. The number of Topliss-reactive ketones (excluding diaryl/α,β-unsaturated/α-hetero) is 1. The lowest BCUT2D eigenvalue weighted by molar-refractivity contribution is -0.147. The number of esters is 1. The van der Waals surface area contributed by atoms with Gasteiger partial charge < -0.3 is 14.4 Å². The molecular formula is C18H22Cl2N2O5. The predicted molar refractivity (Wildman–Crippen MR) is 100 cm³/mol. The number of carbonyl (C=O) groups is 3. The molecule has 2 heterocycles. The van der Waals surface area contributed by atoms with E-state index >= 15 is 0 Å². The van der Waals surface area contributed by atoms with Crippen molar-refractivity contribution in [1.82, 2.24) is 9.88 Å². The van der Waals surface area contributed by atoms with Gasteiger partial charge in [-0.1, -0.05) is 23.2 Å². The minimum Gasteiger partial charge on any atom is -0.469 e. The molecule has 9 heteroatoms. The topological polar surface area (TPSA) is 85.8 Å². The predicted octanol–water partition coefficient (Wildman–Crippen LogP) is 3.62. The Labute approximate surface area is 167 Å². The van der Waals surface area contributed by atoms with Gasteiger partial charge in [0, 0.05) is 24.6 Å². The van der Waals surface area contributed by atoms with Crippen LogP contribution < -0.4 is 0 Å². The van der Waals surface area contributed by atoms with Crippen molar-refractivity contribution < 1.29 is 23.9 Å². The molecule has 0 saturated carbocycles. The Bertz CT molecular complexity index is 728. The largest absolute Gasteiger partial charge is 0.469 e. The molecule has 1 aliphatic rings. The number of ether oxygens (including phenoxy) is 2. The first-order valence-corrected chi connectivity index (χ1v) is 9.19. The van der Waals surface area contributed by atoms with E-state index in [2.05, 4.69) is 4.98 Å². The highest BCUT2D eigenvalue weighted by Crippen LogP contribution is 2.28. The number of rotatable bonds is 3. The van der Waals surface area contributed by atoms with Gasteiger partial charge in [-0.25, -0.2) is 9.78 Å². The van der Waals surface area contributed by atoms with Crippen molar-refractivity contribution in [2.24, 2.45) is 11.8 Å². The van der Waals surface area contributed by atoms with Crippen LogP contribution in [0.2, 0.25) is 10.3 Å². The summed E-state index contributed by atoms with van der Waals surface area (Å²) in [5.74, 6) is -2.00. The maximum atomic E-state index is 12.9. The highest BCUT2D eigenvalue weighted by atomic mass is 35.5. The Morgan fingerprint density at radius 1 is 1.11 bits per heavy atom. The van der Waals surface area contributed by atoms with E-state index in [4.69, 9.17) is 32.7 Å². The molecule has 0 bridgehead atoms. The molecular weight excluding hydrogens is 395 g/mol. The van der Waals surface area contributed by atoms with E-state index in [0.29, 0.717) is 0 Å². The average Bonchev–Trinajstić information content (AvgIpc) is 2.57. The summed E-state index contributed by atoms with van der Waals surface area (Å²) in [4.78, 5) is 42.7. The number of pyridine rings is 1. The summed E-state index contributed by atoms with van der Waals surface area (Å²) < 4.78 is 10.2. The lowest BCUT2D eigenvalue weighted by Gasteiger charge is -2.36. The van der Waals surface area contributed by atoms with Gasteiger partial charge in [-0.2, -0.15) is 0 Å². The zero-order chi connectivity index (χ0) is 20.4. The molecule has 1 aliphatic heterocycles. The van der Waals surface area contributed by atoms with Crippen molar-refractivity contribution in [1.29, 1.82) is 0 Å². The van der Waals surface area contributed by atoms with E-state index in [-0.39, 0.29) is 41.2 Å². The van der Waals surface area contributed by atoms with Gasteiger partial charge in [0.1, 0.15) is 15.9 Å². The zero-order valence-electron chi connectivity index (χ0n) is 15.6. The molecule has 2 rings (SSSR count). The van der Waals surface area contributed by atoms with Crippen LogP contribution in [0.1, 0.15) is 37.6 Å². The highest BCUT2D eigenvalue weighted by Gasteiger charge is 2.39. The lowest BCUT2D eigenvalue weighted by Crippen LogP contribution is -2.49. The maximum absolute atomic E-state index is 12.9. The minimum atomic E-state index is -0.694. The van der Waals surface area contributed by atoms with Crippen LogP contribution in [0.3, 0.4) is 0 Å². The summed E-state index contributed by atoms with van der Waals surface area (Å²) >= 11 is 11.8. The summed E-state index contributed by atoms with van der Waals surface area (Å²) in [6, 6.07) is 2.82. The SMILES string of the molecule is COC(=O)C1CC(C(=O)c2cc(Cl)nc(Cl)c2)CN(C(=O)OC(C)(C)C)C1. The molecule has 2 unspecified atom stereocenters. The molecule has 0 radical (unpaired) electrons. The molecule has 1 amide bonds.